The first-order valence-electron chi connectivity index (χ1n) is 5.71. The first-order chi connectivity index (χ1) is 8.97. The Labute approximate surface area is 123 Å². The van der Waals surface area contributed by atoms with Crippen molar-refractivity contribution in [2.45, 2.75) is 26.4 Å². The highest BCUT2D eigenvalue weighted by Gasteiger charge is 2.18. The van der Waals surface area contributed by atoms with Gasteiger partial charge in [-0.25, -0.2) is 4.79 Å². The van der Waals surface area contributed by atoms with Crippen molar-refractivity contribution in [2.75, 3.05) is 0 Å². The van der Waals surface area contributed by atoms with Crippen LogP contribution in [0.25, 0.3) is 0 Å². The fourth-order valence-electron chi connectivity index (χ4n) is 1.51. The topological polar surface area (TPSA) is 59.7 Å². The molecule has 0 aromatic carbocycles. The van der Waals surface area contributed by atoms with Gasteiger partial charge >= 0.3 is 5.97 Å². The van der Waals surface area contributed by atoms with Gasteiger partial charge in [-0.1, -0.05) is 13.8 Å². The molecule has 19 heavy (non-hydrogen) atoms. The maximum Gasteiger partial charge on any atom is 0.349 e. The molecule has 1 N–H and O–H groups in total. The summed E-state index contributed by atoms with van der Waals surface area (Å²) in [6, 6.07) is 5.33. The molecule has 2 aromatic rings. The number of carbonyl (C=O) groups is 1. The minimum absolute atomic E-state index is 0.208. The molecule has 0 saturated carbocycles. The largest absolute Gasteiger partial charge is 0.484 e. The molecule has 0 atom stereocenters. The summed E-state index contributed by atoms with van der Waals surface area (Å²) in [6.45, 7) is 4.25. The molecule has 0 radical (unpaired) electrons. The molecule has 0 unspecified atom stereocenters. The predicted octanol–water partition coefficient (Wildman–Crippen LogP) is 4.50. The summed E-state index contributed by atoms with van der Waals surface area (Å²) in [5, 5.41) is 9.16. The van der Waals surface area contributed by atoms with E-state index in [1.807, 2.05) is 13.8 Å². The maximum absolute atomic E-state index is 11.2. The first-order valence-corrected chi connectivity index (χ1v) is 7.32. The molecule has 0 bridgehead atoms. The molecular formula is C13H13BrO4S. The lowest BCUT2D eigenvalue weighted by Crippen LogP contribution is -1.99. The lowest BCUT2D eigenvalue weighted by Gasteiger charge is -2.02. The number of carboxylic acids is 1. The summed E-state index contributed by atoms with van der Waals surface area (Å²) >= 11 is 4.46. The van der Waals surface area contributed by atoms with Crippen LogP contribution in [0.1, 0.15) is 40.1 Å². The lowest BCUT2D eigenvalue weighted by molar-refractivity contribution is 0.0697. The normalized spacial score (nSPS) is 10.9. The number of rotatable bonds is 5. The second-order valence-corrected chi connectivity index (χ2v) is 6.16. The van der Waals surface area contributed by atoms with E-state index >= 15 is 0 Å². The molecule has 2 heterocycles. The van der Waals surface area contributed by atoms with Gasteiger partial charge < -0.3 is 14.3 Å². The van der Waals surface area contributed by atoms with Gasteiger partial charge in [0.05, 0.1) is 0 Å². The van der Waals surface area contributed by atoms with E-state index in [0.29, 0.717) is 16.2 Å². The van der Waals surface area contributed by atoms with E-state index in [4.69, 9.17) is 14.3 Å². The van der Waals surface area contributed by atoms with Gasteiger partial charge in [0.15, 0.2) is 9.55 Å². The van der Waals surface area contributed by atoms with E-state index in [0.717, 1.165) is 4.88 Å². The number of ether oxygens (including phenoxy) is 1. The van der Waals surface area contributed by atoms with Gasteiger partial charge in [-0.05, 0) is 40.0 Å². The smallest absolute Gasteiger partial charge is 0.349 e. The third kappa shape index (κ3) is 3.39. The zero-order valence-electron chi connectivity index (χ0n) is 10.5. The van der Waals surface area contributed by atoms with E-state index in [2.05, 4.69) is 15.9 Å². The quantitative estimate of drug-likeness (QED) is 0.867. The number of carboxylic acid groups (broad SMARTS) is 1. The highest BCUT2D eigenvalue weighted by atomic mass is 79.9. The summed E-state index contributed by atoms with van der Waals surface area (Å²) in [6.07, 6.45) is 0. The average molecular weight is 345 g/mol. The number of hydrogen-bond donors (Lipinski definition) is 1. The monoisotopic (exact) mass is 344 g/mol. The van der Waals surface area contributed by atoms with Gasteiger partial charge in [-0.15, -0.1) is 11.3 Å². The van der Waals surface area contributed by atoms with E-state index in [1.54, 1.807) is 18.2 Å². The Morgan fingerprint density at radius 3 is 2.79 bits per heavy atom. The number of aromatic carboxylic acids is 1. The summed E-state index contributed by atoms with van der Waals surface area (Å²) in [7, 11) is 0. The minimum Gasteiger partial charge on any atom is -0.484 e. The van der Waals surface area contributed by atoms with Crippen LogP contribution in [0.4, 0.5) is 0 Å². The third-order valence-electron chi connectivity index (χ3n) is 2.48. The Morgan fingerprint density at radius 2 is 2.26 bits per heavy atom. The summed E-state index contributed by atoms with van der Waals surface area (Å²) < 4.78 is 11.5. The minimum atomic E-state index is -0.965. The van der Waals surface area contributed by atoms with Crippen molar-refractivity contribution in [3.63, 3.8) is 0 Å². The highest BCUT2D eigenvalue weighted by Crippen LogP contribution is 2.34. The Bertz CT molecular complexity index is 585. The van der Waals surface area contributed by atoms with Gasteiger partial charge in [0, 0.05) is 4.88 Å². The summed E-state index contributed by atoms with van der Waals surface area (Å²) in [4.78, 5) is 12.4. The molecule has 0 fully saturated rings. The highest BCUT2D eigenvalue weighted by molar-refractivity contribution is 9.10. The van der Waals surface area contributed by atoms with Crippen molar-refractivity contribution in [2.24, 2.45) is 0 Å². The van der Waals surface area contributed by atoms with Crippen molar-refractivity contribution in [1.82, 2.24) is 0 Å². The molecule has 0 aliphatic carbocycles. The molecule has 0 spiro atoms. The summed E-state index contributed by atoms with van der Waals surface area (Å²) in [5.74, 6) is 0.347. The van der Waals surface area contributed by atoms with Crippen molar-refractivity contribution >= 4 is 33.2 Å². The Morgan fingerprint density at radius 1 is 1.53 bits per heavy atom. The average Bonchev–Trinajstić information content (AvgIpc) is 2.92. The van der Waals surface area contributed by atoms with Crippen molar-refractivity contribution in [1.29, 1.82) is 0 Å². The van der Waals surface area contributed by atoms with Crippen LogP contribution < -0.4 is 4.74 Å². The Balaban J connectivity index is 2.16. The van der Waals surface area contributed by atoms with Crippen LogP contribution in [-0.2, 0) is 6.61 Å². The zero-order chi connectivity index (χ0) is 14.0. The van der Waals surface area contributed by atoms with Crippen LogP contribution in [0.2, 0.25) is 0 Å². The number of halogens is 1. The van der Waals surface area contributed by atoms with E-state index in [-0.39, 0.29) is 17.4 Å². The molecule has 102 valence electrons. The molecule has 0 saturated heterocycles. The van der Waals surface area contributed by atoms with E-state index in [1.165, 1.54) is 11.3 Å². The number of hydrogen-bond acceptors (Lipinski definition) is 4. The van der Waals surface area contributed by atoms with Crippen LogP contribution in [0.3, 0.4) is 0 Å². The summed E-state index contributed by atoms with van der Waals surface area (Å²) in [5.41, 5.74) is 0. The second-order valence-electron chi connectivity index (χ2n) is 4.30. The molecule has 0 aliphatic rings. The standard InChI is InChI=1S/C13H13BrO4S/c1-7(2)10-5-9(12(19-10)13(15)16)17-6-8-3-4-11(14)18-8/h3-5,7H,6H2,1-2H3,(H,15,16). The van der Waals surface area contributed by atoms with Crippen molar-refractivity contribution in [3.8, 4) is 5.75 Å². The Kier molecular flexibility index (Phi) is 4.31. The van der Waals surface area contributed by atoms with Gasteiger partial charge in [-0.2, -0.15) is 0 Å². The molecular weight excluding hydrogens is 332 g/mol. The van der Waals surface area contributed by atoms with Crippen LogP contribution in [0, 0.1) is 0 Å². The van der Waals surface area contributed by atoms with Crippen molar-refractivity contribution < 1.29 is 19.1 Å². The van der Waals surface area contributed by atoms with E-state index in [9.17, 15) is 4.79 Å². The van der Waals surface area contributed by atoms with Gasteiger partial charge in [0.1, 0.15) is 18.1 Å². The number of furan rings is 1. The molecule has 2 aromatic heterocycles. The Hall–Kier alpha value is -1.27. The van der Waals surface area contributed by atoms with E-state index < -0.39 is 5.97 Å². The predicted molar refractivity (Wildman–Crippen MR) is 76.1 cm³/mol. The molecule has 0 aliphatic heterocycles. The zero-order valence-corrected chi connectivity index (χ0v) is 12.9. The number of thiophene rings is 1. The first kappa shape index (κ1) is 14.1. The van der Waals surface area contributed by atoms with Gasteiger partial charge in [0.2, 0.25) is 0 Å². The third-order valence-corrected chi connectivity index (χ3v) is 4.31. The van der Waals surface area contributed by atoms with Crippen molar-refractivity contribution in [3.05, 3.63) is 38.4 Å². The van der Waals surface area contributed by atoms with Gasteiger partial charge in [-0.3, -0.25) is 0 Å². The fourth-order valence-corrected chi connectivity index (χ4v) is 2.79. The molecule has 0 amide bonds. The van der Waals surface area contributed by atoms with Crippen LogP contribution in [0.5, 0.6) is 5.75 Å². The lowest BCUT2D eigenvalue weighted by atomic mass is 10.2. The van der Waals surface area contributed by atoms with Crippen LogP contribution in [-0.4, -0.2) is 11.1 Å². The van der Waals surface area contributed by atoms with Crippen LogP contribution in [0.15, 0.2) is 27.3 Å². The molecule has 2 rings (SSSR count). The molecule has 6 heteroatoms. The fraction of sp³-hybridized carbons (Fsp3) is 0.308. The van der Waals surface area contributed by atoms with Gasteiger partial charge in [0.25, 0.3) is 0 Å². The maximum atomic E-state index is 11.2. The van der Waals surface area contributed by atoms with Crippen LogP contribution >= 0.6 is 27.3 Å². The second kappa shape index (κ2) is 5.79. The SMILES string of the molecule is CC(C)c1cc(OCc2ccc(Br)o2)c(C(=O)O)s1. The molecule has 4 nitrogen and oxygen atoms in total.